The van der Waals surface area contributed by atoms with Crippen LogP contribution in [0.1, 0.15) is 32.6 Å². The van der Waals surface area contributed by atoms with Crippen LogP contribution in [-0.4, -0.2) is 18.8 Å². The molecule has 4 heteroatoms. The van der Waals surface area contributed by atoms with Gasteiger partial charge < -0.3 is 11.2 Å². The molecule has 3 nitrogen and oxygen atoms in total. The largest absolute Gasteiger partial charge is 0.324 e. The second kappa shape index (κ2) is 7.17. The predicted octanol–water partition coefficient (Wildman–Crippen LogP) is 2.26. The monoisotopic (exact) mass is 225 g/mol. The summed E-state index contributed by atoms with van der Waals surface area (Å²) in [6, 6.07) is 0.211. The SMILES string of the molecule is C[C@H](/C=N/N)NCCCC1=CC=C(F)CC1. The first-order chi connectivity index (χ1) is 7.72. The molecule has 0 amide bonds. The minimum Gasteiger partial charge on any atom is -0.324 e. The standard InChI is InChI=1S/C12H20FN3/c1-10(9-16-14)15-8-2-3-11-4-6-12(13)7-5-11/h4,6,9-10,15H,2-3,5,7-8,14H2,1H3/b16-9+/t10-/m1/s1. The normalized spacial score (nSPS) is 18.4. The Kier molecular flexibility index (Phi) is 5.78. The Balaban J connectivity index is 2.12. The Morgan fingerprint density at radius 3 is 3.00 bits per heavy atom. The summed E-state index contributed by atoms with van der Waals surface area (Å²) in [7, 11) is 0. The molecule has 0 saturated carbocycles. The fraction of sp³-hybridized carbons (Fsp3) is 0.583. The molecule has 0 fully saturated rings. The predicted molar refractivity (Wildman–Crippen MR) is 65.9 cm³/mol. The number of nitrogens with two attached hydrogens (primary N) is 1. The van der Waals surface area contributed by atoms with Crippen molar-refractivity contribution >= 4 is 6.21 Å². The molecule has 0 aliphatic heterocycles. The first kappa shape index (κ1) is 12.9. The van der Waals surface area contributed by atoms with E-state index in [0.29, 0.717) is 6.42 Å². The molecule has 1 rings (SSSR count). The zero-order valence-electron chi connectivity index (χ0n) is 9.75. The Hall–Kier alpha value is -1.16. The highest BCUT2D eigenvalue weighted by Gasteiger charge is 2.05. The van der Waals surface area contributed by atoms with Crippen molar-refractivity contribution in [2.45, 2.75) is 38.6 Å². The van der Waals surface area contributed by atoms with Gasteiger partial charge in [-0.1, -0.05) is 11.6 Å². The maximum Gasteiger partial charge on any atom is 0.100 e. The van der Waals surface area contributed by atoms with Crippen LogP contribution in [0.4, 0.5) is 4.39 Å². The highest BCUT2D eigenvalue weighted by Crippen LogP contribution is 2.21. The van der Waals surface area contributed by atoms with Gasteiger partial charge in [0.15, 0.2) is 0 Å². The fourth-order valence-electron chi connectivity index (χ4n) is 1.69. The van der Waals surface area contributed by atoms with Gasteiger partial charge in [-0.2, -0.15) is 5.10 Å². The van der Waals surface area contributed by atoms with E-state index < -0.39 is 0 Å². The first-order valence-corrected chi connectivity index (χ1v) is 5.73. The lowest BCUT2D eigenvalue weighted by molar-refractivity contribution is 0.570. The summed E-state index contributed by atoms with van der Waals surface area (Å²) in [5.41, 5.74) is 1.34. The second-order valence-corrected chi connectivity index (χ2v) is 4.08. The van der Waals surface area contributed by atoms with Gasteiger partial charge in [-0.15, -0.1) is 0 Å². The molecular formula is C12H20FN3. The van der Waals surface area contributed by atoms with Gasteiger partial charge in [0.1, 0.15) is 5.83 Å². The smallest absolute Gasteiger partial charge is 0.100 e. The molecule has 0 bridgehead atoms. The van der Waals surface area contributed by atoms with Gasteiger partial charge in [-0.05, 0) is 38.8 Å². The summed E-state index contributed by atoms with van der Waals surface area (Å²) in [6.07, 6.45) is 8.68. The van der Waals surface area contributed by atoms with E-state index in [1.54, 1.807) is 12.3 Å². The lowest BCUT2D eigenvalue weighted by Gasteiger charge is -2.11. The number of hydrogen-bond donors (Lipinski definition) is 2. The van der Waals surface area contributed by atoms with Crippen molar-refractivity contribution in [2.75, 3.05) is 6.54 Å². The van der Waals surface area contributed by atoms with Crippen molar-refractivity contribution in [1.82, 2.24) is 5.32 Å². The third-order valence-electron chi connectivity index (χ3n) is 2.64. The van der Waals surface area contributed by atoms with Gasteiger partial charge in [0.2, 0.25) is 0 Å². The lowest BCUT2D eigenvalue weighted by Crippen LogP contribution is -2.28. The molecule has 0 spiro atoms. The average molecular weight is 225 g/mol. The van der Waals surface area contributed by atoms with Gasteiger partial charge in [0.05, 0.1) is 0 Å². The van der Waals surface area contributed by atoms with Gasteiger partial charge in [-0.3, -0.25) is 0 Å². The Bertz CT molecular complexity index is 295. The highest BCUT2D eigenvalue weighted by molar-refractivity contribution is 5.63. The Morgan fingerprint density at radius 2 is 2.38 bits per heavy atom. The maximum absolute atomic E-state index is 12.7. The van der Waals surface area contributed by atoms with Crippen molar-refractivity contribution in [2.24, 2.45) is 10.9 Å². The van der Waals surface area contributed by atoms with E-state index >= 15 is 0 Å². The molecule has 3 N–H and O–H groups in total. The number of hydrazone groups is 1. The third-order valence-corrected chi connectivity index (χ3v) is 2.64. The van der Waals surface area contributed by atoms with Crippen LogP contribution in [0.15, 0.2) is 28.7 Å². The molecule has 0 radical (unpaired) electrons. The summed E-state index contributed by atoms with van der Waals surface area (Å²) >= 11 is 0. The third kappa shape index (κ3) is 5.07. The average Bonchev–Trinajstić information content (AvgIpc) is 2.27. The highest BCUT2D eigenvalue weighted by atomic mass is 19.1. The van der Waals surface area contributed by atoms with Gasteiger partial charge in [0.25, 0.3) is 0 Å². The van der Waals surface area contributed by atoms with E-state index in [1.165, 1.54) is 5.57 Å². The number of halogens is 1. The summed E-state index contributed by atoms with van der Waals surface area (Å²) < 4.78 is 12.7. The molecular weight excluding hydrogens is 205 g/mol. The zero-order valence-corrected chi connectivity index (χ0v) is 9.75. The number of allylic oxidation sites excluding steroid dienone is 4. The Morgan fingerprint density at radius 1 is 1.56 bits per heavy atom. The lowest BCUT2D eigenvalue weighted by atomic mass is 10.00. The Labute approximate surface area is 96.3 Å². The van der Waals surface area contributed by atoms with E-state index in [0.717, 1.165) is 25.8 Å². The number of rotatable bonds is 6. The molecule has 0 aromatic rings. The molecule has 0 aromatic heterocycles. The summed E-state index contributed by atoms with van der Waals surface area (Å²) in [5.74, 6) is 5.04. The molecule has 0 unspecified atom stereocenters. The minimum absolute atomic E-state index is 0.00495. The number of nitrogens with one attached hydrogen (secondary N) is 1. The molecule has 1 aliphatic rings. The van der Waals surface area contributed by atoms with E-state index in [2.05, 4.69) is 10.4 Å². The number of hydrogen-bond acceptors (Lipinski definition) is 3. The first-order valence-electron chi connectivity index (χ1n) is 5.73. The summed E-state index contributed by atoms with van der Waals surface area (Å²) in [5, 5.41) is 6.75. The molecule has 0 saturated heterocycles. The molecule has 16 heavy (non-hydrogen) atoms. The topological polar surface area (TPSA) is 50.4 Å². The van der Waals surface area contributed by atoms with E-state index in [1.807, 2.05) is 13.0 Å². The van der Waals surface area contributed by atoms with Crippen molar-refractivity contribution in [1.29, 1.82) is 0 Å². The molecule has 0 aromatic carbocycles. The van der Waals surface area contributed by atoms with Crippen molar-refractivity contribution in [3.63, 3.8) is 0 Å². The second-order valence-electron chi connectivity index (χ2n) is 4.08. The summed E-state index contributed by atoms with van der Waals surface area (Å²) in [4.78, 5) is 0. The van der Waals surface area contributed by atoms with E-state index in [9.17, 15) is 4.39 Å². The molecule has 1 aliphatic carbocycles. The number of nitrogens with zero attached hydrogens (tertiary/aromatic N) is 1. The van der Waals surface area contributed by atoms with Crippen molar-refractivity contribution in [3.05, 3.63) is 23.6 Å². The van der Waals surface area contributed by atoms with Crippen LogP contribution in [0.25, 0.3) is 0 Å². The maximum atomic E-state index is 12.7. The van der Waals surface area contributed by atoms with E-state index in [4.69, 9.17) is 5.84 Å². The van der Waals surface area contributed by atoms with Crippen LogP contribution in [0.5, 0.6) is 0 Å². The zero-order chi connectivity index (χ0) is 11.8. The van der Waals surface area contributed by atoms with Crippen LogP contribution >= 0.6 is 0 Å². The van der Waals surface area contributed by atoms with Crippen LogP contribution in [0.3, 0.4) is 0 Å². The van der Waals surface area contributed by atoms with Gasteiger partial charge >= 0.3 is 0 Å². The quantitative estimate of drug-likeness (QED) is 0.315. The van der Waals surface area contributed by atoms with Crippen molar-refractivity contribution < 1.29 is 4.39 Å². The van der Waals surface area contributed by atoms with Crippen LogP contribution < -0.4 is 11.2 Å². The summed E-state index contributed by atoms with van der Waals surface area (Å²) in [6.45, 7) is 2.94. The van der Waals surface area contributed by atoms with Crippen LogP contribution in [0, 0.1) is 0 Å². The van der Waals surface area contributed by atoms with E-state index in [-0.39, 0.29) is 11.9 Å². The van der Waals surface area contributed by atoms with Crippen LogP contribution in [0.2, 0.25) is 0 Å². The minimum atomic E-state index is -0.00495. The molecule has 90 valence electrons. The van der Waals surface area contributed by atoms with Gasteiger partial charge in [0, 0.05) is 18.7 Å². The molecule has 1 atom stereocenters. The molecule has 0 heterocycles. The fourth-order valence-corrected chi connectivity index (χ4v) is 1.69. The van der Waals surface area contributed by atoms with Crippen LogP contribution in [-0.2, 0) is 0 Å². The van der Waals surface area contributed by atoms with Gasteiger partial charge in [-0.25, -0.2) is 4.39 Å². The van der Waals surface area contributed by atoms with Crippen molar-refractivity contribution in [3.8, 4) is 0 Å².